The number of hydrogen-bond acceptors (Lipinski definition) is 6. The number of ether oxygens (including phenoxy) is 2. The van der Waals surface area contributed by atoms with Gasteiger partial charge in [-0.05, 0) is 32.4 Å². The number of rotatable bonds is 4. The van der Waals surface area contributed by atoms with E-state index in [1.807, 2.05) is 0 Å². The van der Waals surface area contributed by atoms with E-state index in [1.54, 1.807) is 26.8 Å². The van der Waals surface area contributed by atoms with Gasteiger partial charge in [0, 0.05) is 30.1 Å². The Kier molecular flexibility index (Phi) is 6.16. The van der Waals surface area contributed by atoms with Gasteiger partial charge in [0.2, 0.25) is 0 Å². The first-order valence-electron chi connectivity index (χ1n) is 9.77. The summed E-state index contributed by atoms with van der Waals surface area (Å²) in [6.45, 7) is 7.26. The third kappa shape index (κ3) is 4.48. The first-order valence-corrected chi connectivity index (χ1v) is 9.77. The average molecular weight is 421 g/mol. The van der Waals surface area contributed by atoms with Gasteiger partial charge in [-0.2, -0.15) is 9.28 Å². The Labute approximate surface area is 173 Å². The number of carbonyl (C=O) groups is 2. The number of azide groups is 1. The number of nitrogens with zero attached hydrogens (tertiary/aromatic N) is 5. The van der Waals surface area contributed by atoms with Gasteiger partial charge >= 0.3 is 12.2 Å². The van der Waals surface area contributed by atoms with Crippen LogP contribution >= 0.6 is 0 Å². The van der Waals surface area contributed by atoms with Gasteiger partial charge in [-0.3, -0.25) is 4.90 Å². The van der Waals surface area contributed by atoms with Crippen LogP contribution in [0.2, 0.25) is 0 Å². The van der Waals surface area contributed by atoms with Crippen molar-refractivity contribution in [3.63, 3.8) is 0 Å². The van der Waals surface area contributed by atoms with E-state index in [2.05, 4.69) is 15.3 Å². The lowest BCUT2D eigenvalue weighted by Gasteiger charge is -2.38. The van der Waals surface area contributed by atoms with E-state index < -0.39 is 29.7 Å². The van der Waals surface area contributed by atoms with Crippen LogP contribution in [0.15, 0.2) is 23.3 Å². The van der Waals surface area contributed by atoms with Gasteiger partial charge in [-0.1, -0.05) is 5.11 Å². The largest absolute Gasteiger partial charge is 0.521 e. The second kappa shape index (κ2) is 8.47. The first kappa shape index (κ1) is 21.8. The molecule has 2 saturated heterocycles. The molecule has 2 heterocycles. The normalized spacial score (nSPS) is 21.0. The number of piperazine rings is 1. The number of quaternary nitrogens is 1. The number of nitrogens with one attached hydrogen (secondary N) is 1. The summed E-state index contributed by atoms with van der Waals surface area (Å²) in [6, 6.07) is 4.33. The molecule has 2 amide bonds. The van der Waals surface area contributed by atoms with Crippen LogP contribution in [-0.4, -0.2) is 63.2 Å². The molecule has 1 aromatic carbocycles. The number of halogens is 1. The summed E-state index contributed by atoms with van der Waals surface area (Å²) in [5.41, 5.74) is 8.22. The Hall–Kier alpha value is -2.88. The van der Waals surface area contributed by atoms with Crippen LogP contribution in [0.5, 0.6) is 0 Å². The third-order valence-electron chi connectivity index (χ3n) is 5.01. The van der Waals surface area contributed by atoms with Crippen molar-refractivity contribution in [3.8, 4) is 0 Å². The Morgan fingerprint density at radius 3 is 2.73 bits per heavy atom. The minimum absolute atomic E-state index is 0.00491. The van der Waals surface area contributed by atoms with E-state index in [0.717, 1.165) is 0 Å². The van der Waals surface area contributed by atoms with Crippen LogP contribution in [-0.2, 0) is 9.47 Å². The number of amides is 2. The smallest absolute Gasteiger partial charge is 0.444 e. The van der Waals surface area contributed by atoms with Gasteiger partial charge in [-0.15, -0.1) is 0 Å². The highest BCUT2D eigenvalue weighted by Crippen LogP contribution is 2.33. The molecule has 2 fully saturated rings. The maximum Gasteiger partial charge on any atom is 0.521 e. The van der Waals surface area contributed by atoms with E-state index in [0.29, 0.717) is 31.9 Å². The van der Waals surface area contributed by atoms with E-state index in [-0.39, 0.29) is 23.3 Å². The molecule has 11 heteroatoms. The topological polar surface area (TPSA) is 117 Å². The van der Waals surface area contributed by atoms with Crippen molar-refractivity contribution in [3.05, 3.63) is 34.5 Å². The highest BCUT2D eigenvalue weighted by atomic mass is 19.1. The van der Waals surface area contributed by atoms with Crippen molar-refractivity contribution < 1.29 is 23.5 Å². The Morgan fingerprint density at radius 1 is 1.43 bits per heavy atom. The molecule has 0 radical (unpaired) electrons. The second-order valence-corrected chi connectivity index (χ2v) is 8.31. The maximum absolute atomic E-state index is 15.3. The van der Waals surface area contributed by atoms with Crippen molar-refractivity contribution >= 4 is 23.6 Å². The van der Waals surface area contributed by atoms with Crippen LogP contribution in [0.4, 0.5) is 25.4 Å². The molecule has 3 rings (SSSR count). The molecule has 1 unspecified atom stereocenters. The SMILES string of the molecule is CC(C)(C)OC(=O)[N+]1(c2ccc(N3CC(CN=[N+]=[N-])OC3=O)cc2F)CCNCC1. The molecule has 1 atom stereocenters. The maximum atomic E-state index is 15.3. The number of benzene rings is 1. The van der Waals surface area contributed by atoms with Crippen LogP contribution in [0, 0.1) is 5.82 Å². The van der Waals surface area contributed by atoms with Crippen molar-refractivity contribution in [2.24, 2.45) is 5.11 Å². The monoisotopic (exact) mass is 421 g/mol. The van der Waals surface area contributed by atoms with Crippen molar-refractivity contribution in [2.75, 3.05) is 44.2 Å². The van der Waals surface area contributed by atoms with Crippen LogP contribution in [0.3, 0.4) is 0 Å². The number of carbonyl (C=O) groups excluding carboxylic acids is 2. The zero-order chi connectivity index (χ0) is 21.9. The molecule has 0 spiro atoms. The fourth-order valence-electron chi connectivity index (χ4n) is 3.61. The average Bonchev–Trinajstić information content (AvgIpc) is 3.06. The van der Waals surface area contributed by atoms with E-state index in [1.165, 1.54) is 17.0 Å². The minimum atomic E-state index is -0.705. The Balaban J connectivity index is 1.89. The van der Waals surface area contributed by atoms with Gasteiger partial charge < -0.3 is 14.8 Å². The van der Waals surface area contributed by atoms with Gasteiger partial charge in [0.25, 0.3) is 0 Å². The zero-order valence-corrected chi connectivity index (χ0v) is 17.3. The highest BCUT2D eigenvalue weighted by Gasteiger charge is 2.46. The van der Waals surface area contributed by atoms with Gasteiger partial charge in [-0.25, -0.2) is 9.18 Å². The summed E-state index contributed by atoms with van der Waals surface area (Å²) in [6.07, 6.45) is -1.74. The minimum Gasteiger partial charge on any atom is -0.444 e. The van der Waals surface area contributed by atoms with E-state index in [9.17, 15) is 9.59 Å². The van der Waals surface area contributed by atoms with Gasteiger partial charge in [0.05, 0.1) is 18.8 Å². The molecule has 2 aliphatic heterocycles. The summed E-state index contributed by atoms with van der Waals surface area (Å²) in [4.78, 5) is 29.1. The van der Waals surface area contributed by atoms with Gasteiger partial charge in [0.1, 0.15) is 24.8 Å². The molecule has 0 aromatic heterocycles. The fourth-order valence-corrected chi connectivity index (χ4v) is 3.61. The third-order valence-corrected chi connectivity index (χ3v) is 5.01. The molecular formula is C19H26FN6O4+. The van der Waals surface area contributed by atoms with Gasteiger partial charge in [0.15, 0.2) is 11.5 Å². The first-order chi connectivity index (χ1) is 14.2. The van der Waals surface area contributed by atoms with Crippen LogP contribution in [0.25, 0.3) is 10.4 Å². The molecule has 30 heavy (non-hydrogen) atoms. The summed E-state index contributed by atoms with van der Waals surface area (Å²) in [5, 5.41) is 6.59. The molecule has 1 aromatic rings. The Bertz CT molecular complexity index is 874. The standard InChI is InChI=1S/C19H26FN6O4/c1-19(2,3)30-18(28)26(8-6-22-7-9-26)16-5-4-13(10-15(16)20)25-12-14(11-23-24-21)29-17(25)27/h4-5,10,14,22H,6-9,11-12H2,1-3H3/q+1. The summed E-state index contributed by atoms with van der Waals surface area (Å²) in [5.74, 6) is -0.605. The van der Waals surface area contributed by atoms with E-state index in [4.69, 9.17) is 15.0 Å². The predicted octanol–water partition coefficient (Wildman–Crippen LogP) is 3.31. The van der Waals surface area contributed by atoms with Crippen LogP contribution in [0.1, 0.15) is 20.8 Å². The quantitative estimate of drug-likeness (QED) is 0.346. The lowest BCUT2D eigenvalue weighted by atomic mass is 10.1. The van der Waals surface area contributed by atoms with Crippen LogP contribution < -0.4 is 14.7 Å². The molecule has 0 aliphatic carbocycles. The van der Waals surface area contributed by atoms with Crippen molar-refractivity contribution in [1.82, 2.24) is 9.80 Å². The lowest BCUT2D eigenvalue weighted by Crippen LogP contribution is -2.64. The van der Waals surface area contributed by atoms with Crippen molar-refractivity contribution in [2.45, 2.75) is 32.5 Å². The number of hydrogen-bond donors (Lipinski definition) is 1. The lowest BCUT2D eigenvalue weighted by molar-refractivity contribution is 0.0235. The summed E-state index contributed by atoms with van der Waals surface area (Å²) >= 11 is 0. The molecule has 10 nitrogen and oxygen atoms in total. The van der Waals surface area contributed by atoms with E-state index >= 15 is 4.39 Å². The molecule has 0 saturated carbocycles. The molecular weight excluding hydrogens is 395 g/mol. The summed E-state index contributed by atoms with van der Waals surface area (Å²) in [7, 11) is 0. The molecule has 0 bridgehead atoms. The van der Waals surface area contributed by atoms with Crippen molar-refractivity contribution in [1.29, 1.82) is 0 Å². The second-order valence-electron chi connectivity index (χ2n) is 8.31. The number of anilines is 1. The highest BCUT2D eigenvalue weighted by molar-refractivity contribution is 5.90. The fraction of sp³-hybridized carbons (Fsp3) is 0.579. The molecule has 2 aliphatic rings. The number of cyclic esters (lactones) is 1. The predicted molar refractivity (Wildman–Crippen MR) is 109 cm³/mol. The molecule has 162 valence electrons. The Morgan fingerprint density at radius 2 is 2.13 bits per heavy atom. The zero-order valence-electron chi connectivity index (χ0n) is 17.3. The molecule has 1 N–H and O–H groups in total. The summed E-state index contributed by atoms with van der Waals surface area (Å²) < 4.78 is 25.7.